The SMILES string of the molecule is Fc1ccc(N=Nc2c(-c3ccccc3)nc3ccc(Cl)cn23)cc1. The van der Waals surface area contributed by atoms with Crippen LogP contribution in [0.2, 0.25) is 5.02 Å². The van der Waals surface area contributed by atoms with Crippen molar-refractivity contribution < 1.29 is 4.39 Å². The van der Waals surface area contributed by atoms with Crippen LogP contribution < -0.4 is 0 Å². The van der Waals surface area contributed by atoms with Crippen molar-refractivity contribution in [3.8, 4) is 11.3 Å². The Hall–Kier alpha value is -3.05. The van der Waals surface area contributed by atoms with E-state index in [9.17, 15) is 4.39 Å². The normalized spacial score (nSPS) is 11.4. The molecule has 25 heavy (non-hydrogen) atoms. The highest BCUT2D eigenvalue weighted by atomic mass is 35.5. The molecule has 0 atom stereocenters. The Morgan fingerprint density at radius 3 is 2.40 bits per heavy atom. The number of fused-ring (bicyclic) bond motifs is 1. The Labute approximate surface area is 148 Å². The maximum absolute atomic E-state index is 13.0. The number of hydrogen-bond donors (Lipinski definition) is 0. The summed E-state index contributed by atoms with van der Waals surface area (Å²) in [5.74, 6) is 0.249. The van der Waals surface area contributed by atoms with Crippen LogP contribution in [0.25, 0.3) is 16.9 Å². The van der Waals surface area contributed by atoms with Crippen LogP contribution >= 0.6 is 11.6 Å². The Balaban J connectivity index is 1.87. The van der Waals surface area contributed by atoms with Gasteiger partial charge in [-0.05, 0) is 36.4 Å². The van der Waals surface area contributed by atoms with E-state index in [1.165, 1.54) is 12.1 Å². The van der Waals surface area contributed by atoms with E-state index < -0.39 is 0 Å². The first-order chi connectivity index (χ1) is 12.2. The number of halogens is 2. The third-order valence-electron chi connectivity index (χ3n) is 3.69. The molecule has 0 amide bonds. The van der Waals surface area contributed by atoms with Gasteiger partial charge in [0.25, 0.3) is 0 Å². The monoisotopic (exact) mass is 350 g/mol. The number of nitrogens with zero attached hydrogens (tertiary/aromatic N) is 4. The van der Waals surface area contributed by atoms with Crippen molar-refractivity contribution in [1.82, 2.24) is 9.38 Å². The van der Waals surface area contributed by atoms with Crippen molar-refractivity contribution in [2.75, 3.05) is 0 Å². The number of azo groups is 1. The van der Waals surface area contributed by atoms with Gasteiger partial charge in [0.1, 0.15) is 17.2 Å². The van der Waals surface area contributed by atoms with Gasteiger partial charge in [0.2, 0.25) is 0 Å². The first-order valence-electron chi connectivity index (χ1n) is 7.61. The molecule has 0 bridgehead atoms. The standard InChI is InChI=1S/C19H12ClFN4/c20-14-6-11-17-22-18(13-4-2-1-3-5-13)19(25(17)12-14)24-23-16-9-7-15(21)8-10-16/h1-12H. The summed E-state index contributed by atoms with van der Waals surface area (Å²) in [7, 11) is 0. The largest absolute Gasteiger partial charge is 0.281 e. The average Bonchev–Trinajstić information content (AvgIpc) is 3.00. The van der Waals surface area contributed by atoms with Crippen LogP contribution in [-0.4, -0.2) is 9.38 Å². The van der Waals surface area contributed by atoms with Crippen molar-refractivity contribution in [2.45, 2.75) is 0 Å². The highest BCUT2D eigenvalue weighted by molar-refractivity contribution is 6.30. The fraction of sp³-hybridized carbons (Fsp3) is 0. The smallest absolute Gasteiger partial charge is 0.187 e. The van der Waals surface area contributed by atoms with E-state index >= 15 is 0 Å². The van der Waals surface area contributed by atoms with Gasteiger partial charge in [-0.2, -0.15) is 0 Å². The summed E-state index contributed by atoms with van der Waals surface area (Å²) in [6.07, 6.45) is 1.75. The molecule has 0 spiro atoms. The molecule has 4 nitrogen and oxygen atoms in total. The van der Waals surface area contributed by atoms with Gasteiger partial charge in [-0.15, -0.1) is 10.2 Å². The lowest BCUT2D eigenvalue weighted by molar-refractivity contribution is 0.628. The maximum Gasteiger partial charge on any atom is 0.187 e. The molecule has 0 fully saturated rings. The number of benzene rings is 2. The van der Waals surface area contributed by atoms with Crippen molar-refractivity contribution in [3.63, 3.8) is 0 Å². The van der Waals surface area contributed by atoms with Gasteiger partial charge in [-0.1, -0.05) is 41.9 Å². The van der Waals surface area contributed by atoms with Gasteiger partial charge in [0, 0.05) is 11.8 Å². The summed E-state index contributed by atoms with van der Waals surface area (Å²) in [5, 5.41) is 9.14. The highest BCUT2D eigenvalue weighted by Gasteiger charge is 2.14. The molecule has 0 N–H and O–H groups in total. The molecule has 2 aromatic carbocycles. The minimum absolute atomic E-state index is 0.314. The molecule has 0 saturated heterocycles. The molecule has 0 radical (unpaired) electrons. The number of rotatable bonds is 3. The minimum atomic E-state index is -0.314. The molecule has 0 aliphatic carbocycles. The van der Waals surface area contributed by atoms with E-state index in [-0.39, 0.29) is 5.82 Å². The van der Waals surface area contributed by atoms with E-state index in [2.05, 4.69) is 15.2 Å². The molecule has 2 heterocycles. The lowest BCUT2D eigenvalue weighted by Crippen LogP contribution is -1.83. The Kier molecular flexibility index (Phi) is 3.99. The first kappa shape index (κ1) is 15.5. The van der Waals surface area contributed by atoms with E-state index in [1.54, 1.807) is 28.8 Å². The van der Waals surface area contributed by atoms with Crippen LogP contribution in [0.15, 0.2) is 83.2 Å². The minimum Gasteiger partial charge on any atom is -0.281 e. The lowest BCUT2D eigenvalue weighted by atomic mass is 10.1. The molecule has 2 aromatic heterocycles. The maximum atomic E-state index is 13.0. The van der Waals surface area contributed by atoms with Gasteiger partial charge in [-0.3, -0.25) is 4.40 Å². The second kappa shape index (κ2) is 6.45. The van der Waals surface area contributed by atoms with Crippen LogP contribution in [0.4, 0.5) is 15.9 Å². The predicted molar refractivity (Wildman–Crippen MR) is 96.2 cm³/mol. The van der Waals surface area contributed by atoms with E-state index in [0.29, 0.717) is 22.2 Å². The third-order valence-corrected chi connectivity index (χ3v) is 3.91. The third kappa shape index (κ3) is 3.14. The summed E-state index contributed by atoms with van der Waals surface area (Å²) < 4.78 is 14.8. The van der Waals surface area contributed by atoms with Gasteiger partial charge in [-0.25, -0.2) is 9.37 Å². The molecule has 0 unspecified atom stereocenters. The molecular weight excluding hydrogens is 339 g/mol. The fourth-order valence-corrected chi connectivity index (χ4v) is 2.67. The van der Waals surface area contributed by atoms with Gasteiger partial charge >= 0.3 is 0 Å². The van der Waals surface area contributed by atoms with Crippen molar-refractivity contribution in [2.24, 2.45) is 10.2 Å². The molecule has 4 aromatic rings. The Morgan fingerprint density at radius 2 is 1.64 bits per heavy atom. The number of hydrogen-bond acceptors (Lipinski definition) is 3. The second-order valence-corrected chi connectivity index (χ2v) is 5.84. The molecule has 122 valence electrons. The molecule has 0 aliphatic rings. The van der Waals surface area contributed by atoms with Crippen LogP contribution in [0, 0.1) is 5.82 Å². The summed E-state index contributed by atoms with van der Waals surface area (Å²) in [6.45, 7) is 0. The number of pyridine rings is 1. The van der Waals surface area contributed by atoms with E-state index in [0.717, 1.165) is 11.2 Å². The topological polar surface area (TPSA) is 42.0 Å². The van der Waals surface area contributed by atoms with Gasteiger partial charge in [0.05, 0.1) is 10.7 Å². The van der Waals surface area contributed by atoms with Crippen LogP contribution in [-0.2, 0) is 0 Å². The van der Waals surface area contributed by atoms with Crippen molar-refractivity contribution in [3.05, 3.63) is 83.8 Å². The molecule has 4 rings (SSSR count). The molecule has 0 saturated carbocycles. The van der Waals surface area contributed by atoms with E-state index in [4.69, 9.17) is 11.6 Å². The fourth-order valence-electron chi connectivity index (χ4n) is 2.50. The van der Waals surface area contributed by atoms with Crippen molar-refractivity contribution >= 4 is 28.8 Å². The Morgan fingerprint density at radius 1 is 0.880 bits per heavy atom. The first-order valence-corrected chi connectivity index (χ1v) is 7.99. The summed E-state index contributed by atoms with van der Waals surface area (Å²) in [5.41, 5.74) is 2.90. The molecule has 6 heteroatoms. The average molecular weight is 351 g/mol. The predicted octanol–water partition coefficient (Wildman–Crippen LogP) is 6.21. The summed E-state index contributed by atoms with van der Waals surface area (Å²) in [6, 6.07) is 19.2. The summed E-state index contributed by atoms with van der Waals surface area (Å²) >= 11 is 6.12. The van der Waals surface area contributed by atoms with Gasteiger partial charge < -0.3 is 0 Å². The highest BCUT2D eigenvalue weighted by Crippen LogP contribution is 2.32. The quantitative estimate of drug-likeness (QED) is 0.405. The number of imidazole rings is 1. The van der Waals surface area contributed by atoms with Crippen LogP contribution in [0.3, 0.4) is 0 Å². The zero-order chi connectivity index (χ0) is 17.2. The summed E-state index contributed by atoms with van der Waals surface area (Å²) in [4.78, 5) is 4.64. The Bertz CT molecular complexity index is 1060. The molecular formula is C19H12ClFN4. The lowest BCUT2D eigenvalue weighted by Gasteiger charge is -2.00. The van der Waals surface area contributed by atoms with Crippen molar-refractivity contribution in [1.29, 1.82) is 0 Å². The second-order valence-electron chi connectivity index (χ2n) is 5.40. The van der Waals surface area contributed by atoms with Gasteiger partial charge in [0.15, 0.2) is 5.82 Å². The van der Waals surface area contributed by atoms with E-state index in [1.807, 2.05) is 36.4 Å². The zero-order valence-corrected chi connectivity index (χ0v) is 13.7. The molecule has 0 aliphatic heterocycles. The van der Waals surface area contributed by atoms with Crippen LogP contribution in [0.5, 0.6) is 0 Å². The van der Waals surface area contributed by atoms with Crippen LogP contribution in [0.1, 0.15) is 0 Å². The number of aromatic nitrogens is 2. The zero-order valence-electron chi connectivity index (χ0n) is 13.0.